The summed E-state index contributed by atoms with van der Waals surface area (Å²) in [7, 11) is 0.766. The first-order valence-electron chi connectivity index (χ1n) is 5.63. The van der Waals surface area contributed by atoms with Crippen LogP contribution in [0.4, 0.5) is 0 Å². The molecule has 0 bridgehead atoms. The minimum absolute atomic E-state index is 1.29. The van der Waals surface area contributed by atoms with Crippen molar-refractivity contribution >= 4 is 8.24 Å². The molecule has 0 amide bonds. The Morgan fingerprint density at radius 1 is 1.06 bits per heavy atom. The van der Waals surface area contributed by atoms with Gasteiger partial charge in [0.15, 0.2) is 0 Å². The van der Waals surface area contributed by atoms with E-state index in [9.17, 15) is 0 Å². The Morgan fingerprint density at radius 2 is 1.69 bits per heavy atom. The normalized spacial score (nSPS) is 11.8. The highest BCUT2D eigenvalue weighted by Gasteiger charge is 2.29. The van der Waals surface area contributed by atoms with E-state index in [-0.39, 0.29) is 0 Å². The van der Waals surface area contributed by atoms with E-state index in [4.69, 9.17) is 0 Å². The molecule has 16 heavy (non-hydrogen) atoms. The van der Waals surface area contributed by atoms with Crippen LogP contribution in [0.25, 0.3) is 11.4 Å². The maximum Gasteiger partial charge on any atom is 0.274 e. The SMILES string of the molecule is C[n+]1ccn([Si](C)(C)C)c1-c1ccccc1. The Balaban J connectivity index is 2.61. The van der Waals surface area contributed by atoms with Gasteiger partial charge in [-0.15, -0.1) is 0 Å². The minimum atomic E-state index is -1.34. The first-order chi connectivity index (χ1) is 7.50. The Hall–Kier alpha value is -1.35. The average molecular weight is 231 g/mol. The quantitative estimate of drug-likeness (QED) is 0.555. The maximum atomic E-state index is 2.45. The fraction of sp³-hybridized carbons (Fsp3) is 0.308. The van der Waals surface area contributed by atoms with Crippen molar-refractivity contribution in [2.45, 2.75) is 19.6 Å². The van der Waals surface area contributed by atoms with Crippen molar-refractivity contribution in [3.63, 3.8) is 0 Å². The maximum absolute atomic E-state index is 2.45. The van der Waals surface area contributed by atoms with Crippen molar-refractivity contribution in [3.05, 3.63) is 42.7 Å². The van der Waals surface area contributed by atoms with Crippen LogP contribution in [-0.2, 0) is 7.05 Å². The second kappa shape index (κ2) is 3.90. The first-order valence-corrected chi connectivity index (χ1v) is 9.08. The van der Waals surface area contributed by atoms with E-state index in [1.54, 1.807) is 0 Å². The molecule has 0 spiro atoms. The fourth-order valence-corrected chi connectivity index (χ4v) is 3.39. The molecule has 0 aliphatic rings. The van der Waals surface area contributed by atoms with Gasteiger partial charge in [0.05, 0.1) is 12.6 Å². The highest BCUT2D eigenvalue weighted by Crippen LogP contribution is 2.19. The summed E-state index contributed by atoms with van der Waals surface area (Å²) in [6, 6.07) is 10.6. The summed E-state index contributed by atoms with van der Waals surface area (Å²) in [4.78, 5) is 0. The summed E-state index contributed by atoms with van der Waals surface area (Å²) in [6.45, 7) is 7.08. The van der Waals surface area contributed by atoms with Crippen LogP contribution < -0.4 is 4.57 Å². The number of nitrogens with zero attached hydrogens (tertiary/aromatic N) is 2. The molecular weight excluding hydrogens is 212 g/mol. The molecule has 84 valence electrons. The fourth-order valence-electron chi connectivity index (χ4n) is 1.95. The molecule has 1 heterocycles. The molecule has 1 aromatic carbocycles. The Kier molecular flexibility index (Phi) is 2.72. The van der Waals surface area contributed by atoms with Crippen molar-refractivity contribution in [3.8, 4) is 11.4 Å². The van der Waals surface area contributed by atoms with E-state index >= 15 is 0 Å². The molecule has 1 aromatic heterocycles. The summed E-state index contributed by atoms with van der Waals surface area (Å²) >= 11 is 0. The zero-order chi connectivity index (χ0) is 11.8. The van der Waals surface area contributed by atoms with Crippen LogP contribution in [0.1, 0.15) is 0 Å². The second-order valence-corrected chi connectivity index (χ2v) is 9.96. The molecule has 3 heteroatoms. The van der Waals surface area contributed by atoms with Crippen molar-refractivity contribution < 1.29 is 4.57 Å². The summed E-state index contributed by atoms with van der Waals surface area (Å²) in [5.74, 6) is 1.31. The number of rotatable bonds is 2. The van der Waals surface area contributed by atoms with Gasteiger partial charge in [-0.2, -0.15) is 0 Å². The predicted octanol–water partition coefficient (Wildman–Crippen LogP) is 2.66. The number of aromatic nitrogens is 2. The molecule has 0 saturated heterocycles. The van der Waals surface area contributed by atoms with Crippen LogP contribution in [0, 0.1) is 0 Å². The van der Waals surface area contributed by atoms with Gasteiger partial charge in [-0.25, -0.2) is 4.57 Å². The van der Waals surface area contributed by atoms with Crippen molar-refractivity contribution in [2.75, 3.05) is 0 Å². The number of hydrogen-bond donors (Lipinski definition) is 0. The van der Waals surface area contributed by atoms with E-state index in [1.807, 2.05) is 0 Å². The molecular formula is C13H19N2Si+. The number of aryl methyl sites for hydroxylation is 1. The van der Waals surface area contributed by atoms with Crippen LogP contribution >= 0.6 is 0 Å². The topological polar surface area (TPSA) is 8.81 Å². The lowest BCUT2D eigenvalue weighted by Gasteiger charge is -2.14. The Labute approximate surface area is 98.3 Å². The zero-order valence-corrected chi connectivity index (χ0v) is 11.4. The summed E-state index contributed by atoms with van der Waals surface area (Å²) < 4.78 is 4.65. The molecule has 0 atom stereocenters. The van der Waals surface area contributed by atoms with Gasteiger partial charge in [-0.1, -0.05) is 18.2 Å². The molecule has 2 nitrogen and oxygen atoms in total. The molecule has 0 unspecified atom stereocenters. The third-order valence-corrected chi connectivity index (χ3v) is 4.56. The van der Waals surface area contributed by atoms with Gasteiger partial charge in [0.1, 0.15) is 12.4 Å². The van der Waals surface area contributed by atoms with Crippen molar-refractivity contribution in [1.82, 2.24) is 4.23 Å². The third-order valence-electron chi connectivity index (χ3n) is 2.76. The Morgan fingerprint density at radius 3 is 2.25 bits per heavy atom. The van der Waals surface area contributed by atoms with Gasteiger partial charge in [0.2, 0.25) is 0 Å². The van der Waals surface area contributed by atoms with Crippen LogP contribution in [0.5, 0.6) is 0 Å². The first kappa shape index (κ1) is 11.1. The lowest BCUT2D eigenvalue weighted by molar-refractivity contribution is -0.659. The minimum Gasteiger partial charge on any atom is -0.281 e. The van der Waals surface area contributed by atoms with Crippen LogP contribution in [0.15, 0.2) is 42.7 Å². The van der Waals surface area contributed by atoms with Gasteiger partial charge in [0, 0.05) is 0 Å². The molecule has 0 saturated carbocycles. The van der Waals surface area contributed by atoms with Crippen LogP contribution in [-0.4, -0.2) is 12.5 Å². The van der Waals surface area contributed by atoms with Crippen molar-refractivity contribution in [1.29, 1.82) is 0 Å². The highest BCUT2D eigenvalue weighted by molar-refractivity contribution is 6.74. The zero-order valence-electron chi connectivity index (χ0n) is 10.4. The molecule has 2 rings (SSSR count). The Bertz CT molecular complexity index is 480. The lowest BCUT2D eigenvalue weighted by atomic mass is 10.2. The smallest absolute Gasteiger partial charge is 0.274 e. The van der Waals surface area contributed by atoms with Gasteiger partial charge in [-0.3, -0.25) is 4.23 Å². The van der Waals surface area contributed by atoms with Gasteiger partial charge < -0.3 is 0 Å². The van der Waals surface area contributed by atoms with Crippen LogP contribution in [0.2, 0.25) is 19.6 Å². The van der Waals surface area contributed by atoms with E-state index in [0.29, 0.717) is 0 Å². The molecule has 0 aliphatic carbocycles. The standard InChI is InChI=1S/C13H19N2Si/c1-14-10-11-15(16(2,3)4)13(14)12-8-6-5-7-9-12/h5-11H,1-4H3/q+1. The van der Waals surface area contributed by atoms with Gasteiger partial charge >= 0.3 is 0 Å². The molecule has 0 N–H and O–H groups in total. The molecule has 0 radical (unpaired) electrons. The molecule has 0 fully saturated rings. The summed E-state index contributed by atoms with van der Waals surface area (Å²) in [5.41, 5.74) is 1.29. The van der Waals surface area contributed by atoms with E-state index in [1.165, 1.54) is 11.4 Å². The largest absolute Gasteiger partial charge is 0.281 e. The van der Waals surface area contributed by atoms with E-state index in [0.717, 1.165) is 0 Å². The van der Waals surface area contributed by atoms with Crippen molar-refractivity contribution in [2.24, 2.45) is 7.05 Å². The van der Waals surface area contributed by atoms with Gasteiger partial charge in [-0.05, 0) is 31.8 Å². The number of imidazole rings is 1. The predicted molar refractivity (Wildman–Crippen MR) is 69.8 cm³/mol. The number of hydrogen-bond acceptors (Lipinski definition) is 0. The van der Waals surface area contributed by atoms with Gasteiger partial charge in [0.25, 0.3) is 14.1 Å². The second-order valence-electron chi connectivity index (χ2n) is 5.14. The summed E-state index contributed by atoms with van der Waals surface area (Å²) in [5, 5.41) is 0. The summed E-state index contributed by atoms with van der Waals surface area (Å²) in [6.07, 6.45) is 4.34. The third kappa shape index (κ3) is 1.95. The highest BCUT2D eigenvalue weighted by atomic mass is 28.3. The van der Waals surface area contributed by atoms with E-state index in [2.05, 4.69) is 78.2 Å². The number of benzene rings is 1. The monoisotopic (exact) mass is 231 g/mol. The van der Waals surface area contributed by atoms with E-state index < -0.39 is 8.24 Å². The lowest BCUT2D eigenvalue weighted by Crippen LogP contribution is -2.37. The average Bonchev–Trinajstić information content (AvgIpc) is 2.61. The molecule has 2 aromatic rings. The van der Waals surface area contributed by atoms with Crippen LogP contribution in [0.3, 0.4) is 0 Å². The molecule has 0 aliphatic heterocycles.